The third kappa shape index (κ3) is 9.21. The first-order chi connectivity index (χ1) is 22.7. The predicted molar refractivity (Wildman–Crippen MR) is 189 cm³/mol. The van der Waals surface area contributed by atoms with E-state index in [1.807, 2.05) is 51.1 Å². The smallest absolute Gasteiger partial charge is 0.264 e. The summed E-state index contributed by atoms with van der Waals surface area (Å²) in [5.74, 6) is -0.527. The number of ether oxygens (including phenoxy) is 2. The van der Waals surface area contributed by atoms with Crippen molar-refractivity contribution in [2.45, 2.75) is 50.2 Å². The van der Waals surface area contributed by atoms with Crippen LogP contribution in [0.1, 0.15) is 31.9 Å². The van der Waals surface area contributed by atoms with Crippen LogP contribution < -0.4 is 19.1 Å². The Morgan fingerprint density at radius 3 is 2.08 bits per heavy atom. The molecule has 12 heteroatoms. The van der Waals surface area contributed by atoms with E-state index in [1.54, 1.807) is 48.5 Å². The van der Waals surface area contributed by atoms with Crippen molar-refractivity contribution in [1.29, 1.82) is 0 Å². The van der Waals surface area contributed by atoms with Gasteiger partial charge in [-0.1, -0.05) is 77.8 Å². The highest BCUT2D eigenvalue weighted by atomic mass is 35.5. The number of sulfonamides is 1. The molecule has 0 aromatic heterocycles. The van der Waals surface area contributed by atoms with Gasteiger partial charge in [0.1, 0.15) is 24.1 Å². The zero-order valence-electron chi connectivity index (χ0n) is 27.4. The maximum atomic E-state index is 14.7. The van der Waals surface area contributed by atoms with E-state index in [4.69, 9.17) is 32.7 Å². The van der Waals surface area contributed by atoms with Crippen LogP contribution in [0.4, 0.5) is 5.69 Å². The van der Waals surface area contributed by atoms with E-state index in [1.165, 1.54) is 37.3 Å². The van der Waals surface area contributed by atoms with Crippen molar-refractivity contribution in [2.75, 3.05) is 25.1 Å². The molecule has 0 fully saturated rings. The van der Waals surface area contributed by atoms with E-state index in [9.17, 15) is 18.0 Å². The van der Waals surface area contributed by atoms with Gasteiger partial charge in [0, 0.05) is 34.6 Å². The molecule has 0 saturated heterocycles. The number of hydrogen-bond acceptors (Lipinski definition) is 6. The van der Waals surface area contributed by atoms with Gasteiger partial charge >= 0.3 is 0 Å². The molecule has 1 unspecified atom stereocenters. The number of carbonyl (C=O) groups excluding carboxylic acids is 2. The Hall–Kier alpha value is -4.25. The normalized spacial score (nSPS) is 12.1. The van der Waals surface area contributed by atoms with Crippen LogP contribution in [-0.2, 0) is 32.6 Å². The topological polar surface area (TPSA) is 105 Å². The molecule has 4 aromatic carbocycles. The number of halogens is 2. The van der Waals surface area contributed by atoms with Gasteiger partial charge in [0.2, 0.25) is 11.8 Å². The fraction of sp³-hybridized carbons (Fsp3) is 0.278. The maximum Gasteiger partial charge on any atom is 0.264 e. The molecule has 0 aliphatic heterocycles. The van der Waals surface area contributed by atoms with Crippen LogP contribution in [0.25, 0.3) is 0 Å². The lowest BCUT2D eigenvalue weighted by Gasteiger charge is -2.35. The zero-order chi connectivity index (χ0) is 35.1. The van der Waals surface area contributed by atoms with Crippen LogP contribution >= 0.6 is 23.2 Å². The fourth-order valence-electron chi connectivity index (χ4n) is 5.06. The predicted octanol–water partition coefficient (Wildman–Crippen LogP) is 6.76. The number of amides is 2. The Balaban J connectivity index is 1.89. The number of methoxy groups -OCH3 is 2. The van der Waals surface area contributed by atoms with Crippen LogP contribution in [0.3, 0.4) is 0 Å². The number of hydrogen-bond donors (Lipinski definition) is 1. The first-order valence-corrected chi connectivity index (χ1v) is 17.3. The molecule has 2 amide bonds. The summed E-state index contributed by atoms with van der Waals surface area (Å²) in [6, 6.07) is 25.5. The van der Waals surface area contributed by atoms with E-state index in [-0.39, 0.29) is 29.3 Å². The van der Waals surface area contributed by atoms with Crippen molar-refractivity contribution >= 4 is 50.7 Å². The highest BCUT2D eigenvalue weighted by molar-refractivity contribution is 7.92. The summed E-state index contributed by atoms with van der Waals surface area (Å²) in [5.41, 5.74) is 0.773. The Morgan fingerprint density at radius 2 is 1.50 bits per heavy atom. The van der Waals surface area contributed by atoms with E-state index in [2.05, 4.69) is 5.32 Å². The van der Waals surface area contributed by atoms with Crippen molar-refractivity contribution in [1.82, 2.24) is 10.2 Å². The molecule has 48 heavy (non-hydrogen) atoms. The van der Waals surface area contributed by atoms with Crippen molar-refractivity contribution in [3.05, 3.63) is 118 Å². The molecule has 1 N–H and O–H groups in total. The van der Waals surface area contributed by atoms with Gasteiger partial charge in [-0.25, -0.2) is 8.42 Å². The Morgan fingerprint density at radius 1 is 0.854 bits per heavy atom. The first-order valence-electron chi connectivity index (χ1n) is 15.1. The Bertz CT molecular complexity index is 1830. The second kappa shape index (κ2) is 15.8. The largest absolute Gasteiger partial charge is 0.497 e. The summed E-state index contributed by atoms with van der Waals surface area (Å²) in [4.78, 5) is 30.1. The average molecular weight is 713 g/mol. The average Bonchev–Trinajstić information content (AvgIpc) is 3.05. The molecular weight excluding hydrogens is 673 g/mol. The highest BCUT2D eigenvalue weighted by Gasteiger charge is 2.36. The molecule has 0 heterocycles. The number of anilines is 1. The highest BCUT2D eigenvalue weighted by Crippen LogP contribution is 2.36. The standard InChI is InChI=1S/C36H39Cl2N3O6S/c1-36(2,3)39-35(43)32(20-25-12-8-6-9-13-25)40(23-26-16-17-27(37)21-30(26)38)34(42)24-41(48(44,45)29-14-10-7-11-15-29)31-22-28(46-4)18-19-33(31)47-5/h6-19,21-22,32H,20,23-24H2,1-5H3,(H,39,43). The molecule has 1 atom stereocenters. The van der Waals surface area contributed by atoms with Crippen LogP contribution in [0.5, 0.6) is 11.5 Å². The maximum absolute atomic E-state index is 14.7. The SMILES string of the molecule is COc1ccc(OC)c(N(CC(=O)N(Cc2ccc(Cl)cc2Cl)C(Cc2ccccc2)C(=O)NC(C)(C)C)S(=O)(=O)c2ccccc2)c1. The number of nitrogens with one attached hydrogen (secondary N) is 1. The van der Waals surface area contributed by atoms with E-state index in [0.717, 1.165) is 9.87 Å². The molecule has 4 aromatic rings. The lowest BCUT2D eigenvalue weighted by Crippen LogP contribution is -2.56. The first kappa shape index (κ1) is 36.6. The summed E-state index contributed by atoms with van der Waals surface area (Å²) in [5, 5.41) is 3.69. The monoisotopic (exact) mass is 711 g/mol. The third-order valence-electron chi connectivity index (χ3n) is 7.39. The van der Waals surface area contributed by atoms with Crippen molar-refractivity contribution in [2.24, 2.45) is 0 Å². The fourth-order valence-corrected chi connectivity index (χ4v) is 6.97. The minimum Gasteiger partial charge on any atom is -0.497 e. The van der Waals surface area contributed by atoms with Gasteiger partial charge in [0.15, 0.2) is 0 Å². The molecule has 9 nitrogen and oxygen atoms in total. The minimum absolute atomic E-state index is 0.0405. The van der Waals surface area contributed by atoms with Crippen LogP contribution in [0.15, 0.2) is 102 Å². The van der Waals surface area contributed by atoms with Gasteiger partial charge in [0.25, 0.3) is 10.0 Å². The summed E-state index contributed by atoms with van der Waals surface area (Å²) >= 11 is 12.8. The van der Waals surface area contributed by atoms with Gasteiger partial charge in [-0.2, -0.15) is 0 Å². The molecule has 254 valence electrons. The minimum atomic E-state index is -4.35. The quantitative estimate of drug-likeness (QED) is 0.164. The second-order valence-electron chi connectivity index (χ2n) is 12.1. The van der Waals surface area contributed by atoms with Crippen LogP contribution in [-0.4, -0.2) is 57.5 Å². The van der Waals surface area contributed by atoms with Gasteiger partial charge in [-0.05, 0) is 68.3 Å². The molecule has 0 aliphatic carbocycles. The summed E-state index contributed by atoms with van der Waals surface area (Å²) in [6.45, 7) is 4.74. The van der Waals surface area contributed by atoms with Crippen molar-refractivity contribution < 1.29 is 27.5 Å². The summed E-state index contributed by atoms with van der Waals surface area (Å²) < 4.78 is 40.6. The van der Waals surface area contributed by atoms with Gasteiger partial charge in [0.05, 0.1) is 24.8 Å². The van der Waals surface area contributed by atoms with Gasteiger partial charge in [-0.15, -0.1) is 0 Å². The molecule has 0 saturated carbocycles. The Labute approximate surface area is 292 Å². The van der Waals surface area contributed by atoms with E-state index >= 15 is 0 Å². The van der Waals surface area contributed by atoms with Crippen molar-refractivity contribution in [3.8, 4) is 11.5 Å². The lowest BCUT2D eigenvalue weighted by atomic mass is 10.0. The number of benzene rings is 4. The number of nitrogens with zero attached hydrogens (tertiary/aromatic N) is 2. The van der Waals surface area contributed by atoms with E-state index < -0.39 is 40.0 Å². The molecule has 4 rings (SSSR count). The Kier molecular flexibility index (Phi) is 12.0. The summed E-state index contributed by atoms with van der Waals surface area (Å²) in [7, 11) is -1.50. The molecule has 0 radical (unpaired) electrons. The summed E-state index contributed by atoms with van der Waals surface area (Å²) in [6.07, 6.45) is 0.146. The second-order valence-corrected chi connectivity index (χ2v) is 14.8. The zero-order valence-corrected chi connectivity index (χ0v) is 29.8. The van der Waals surface area contributed by atoms with Crippen LogP contribution in [0.2, 0.25) is 10.0 Å². The van der Waals surface area contributed by atoms with Gasteiger partial charge in [-0.3, -0.25) is 13.9 Å². The van der Waals surface area contributed by atoms with Crippen LogP contribution in [0, 0.1) is 0 Å². The lowest BCUT2D eigenvalue weighted by molar-refractivity contribution is -0.140. The molecule has 0 bridgehead atoms. The number of rotatable bonds is 13. The van der Waals surface area contributed by atoms with Gasteiger partial charge < -0.3 is 19.7 Å². The number of carbonyl (C=O) groups is 2. The van der Waals surface area contributed by atoms with E-state index in [0.29, 0.717) is 21.4 Å². The molecule has 0 aliphatic rings. The molecular formula is C36H39Cl2N3O6S. The van der Waals surface area contributed by atoms with Crippen molar-refractivity contribution in [3.63, 3.8) is 0 Å². The molecule has 0 spiro atoms. The third-order valence-corrected chi connectivity index (χ3v) is 9.75.